The molecule has 1 heterocycles. The van der Waals surface area contributed by atoms with E-state index in [1.807, 2.05) is 13.8 Å². The van der Waals surface area contributed by atoms with Crippen LogP contribution >= 0.6 is 0 Å². The van der Waals surface area contributed by atoms with Gasteiger partial charge in [0.1, 0.15) is 24.6 Å². The molecular formula is C28H39N3O9. The van der Waals surface area contributed by atoms with Crippen molar-refractivity contribution in [3.05, 3.63) is 35.9 Å². The Hall–Kier alpha value is -3.96. The van der Waals surface area contributed by atoms with Gasteiger partial charge in [0, 0.05) is 6.54 Å². The largest absolute Gasteiger partial charge is 0.467 e. The normalized spacial score (nSPS) is 17.9. The van der Waals surface area contributed by atoms with Crippen LogP contribution in [0, 0.1) is 11.8 Å². The summed E-state index contributed by atoms with van der Waals surface area (Å²) >= 11 is 0. The topological polar surface area (TPSA) is 157 Å². The van der Waals surface area contributed by atoms with Crippen LogP contribution in [-0.4, -0.2) is 73.5 Å². The summed E-state index contributed by atoms with van der Waals surface area (Å²) in [7, 11) is 2.37. The Morgan fingerprint density at radius 3 is 1.90 bits per heavy atom. The molecular weight excluding hydrogens is 522 g/mol. The maximum atomic E-state index is 13.4. The summed E-state index contributed by atoms with van der Waals surface area (Å²) in [4.78, 5) is 78.2. The van der Waals surface area contributed by atoms with Crippen molar-refractivity contribution in [2.45, 2.75) is 71.1 Å². The average molecular weight is 562 g/mol. The molecule has 12 heteroatoms. The SMILES string of the molecule is CCCC[C@H](NC(=O)C1CN(C(=O)OCc2ccccc2)C(=O)C1C(=O)N[C@@H](CCCC)C(=O)OC)C(=O)OC. The number of methoxy groups -OCH3 is 2. The van der Waals surface area contributed by atoms with E-state index >= 15 is 0 Å². The number of unbranched alkanes of at least 4 members (excludes halogenated alkanes) is 2. The Bertz CT molecular complexity index is 1050. The second kappa shape index (κ2) is 16.2. The lowest BCUT2D eigenvalue weighted by Crippen LogP contribution is -2.51. The summed E-state index contributed by atoms with van der Waals surface area (Å²) in [6, 6.07) is 6.75. The van der Waals surface area contributed by atoms with Crippen LogP contribution in [0.15, 0.2) is 30.3 Å². The number of benzene rings is 1. The summed E-state index contributed by atoms with van der Waals surface area (Å²) in [6.07, 6.45) is 2.23. The van der Waals surface area contributed by atoms with Gasteiger partial charge in [0.15, 0.2) is 0 Å². The number of ether oxygens (including phenoxy) is 3. The minimum Gasteiger partial charge on any atom is -0.467 e. The first-order valence-corrected chi connectivity index (χ1v) is 13.5. The van der Waals surface area contributed by atoms with E-state index in [4.69, 9.17) is 14.2 Å². The van der Waals surface area contributed by atoms with E-state index in [0.717, 1.165) is 12.8 Å². The Labute approximate surface area is 234 Å². The molecule has 4 amide bonds. The molecule has 1 aromatic rings. The van der Waals surface area contributed by atoms with Gasteiger partial charge < -0.3 is 24.8 Å². The molecule has 2 N–H and O–H groups in total. The highest BCUT2D eigenvalue weighted by Gasteiger charge is 2.52. The summed E-state index contributed by atoms with van der Waals surface area (Å²) < 4.78 is 14.8. The summed E-state index contributed by atoms with van der Waals surface area (Å²) in [5.41, 5.74) is 0.680. The highest BCUT2D eigenvalue weighted by molar-refractivity contribution is 6.11. The first kappa shape index (κ1) is 32.3. The number of esters is 2. The second-order valence-corrected chi connectivity index (χ2v) is 9.53. The fourth-order valence-electron chi connectivity index (χ4n) is 4.36. The van der Waals surface area contributed by atoms with Gasteiger partial charge in [0.2, 0.25) is 17.7 Å². The average Bonchev–Trinajstić information content (AvgIpc) is 3.32. The smallest absolute Gasteiger partial charge is 0.416 e. The van der Waals surface area contributed by atoms with Gasteiger partial charge in [-0.05, 0) is 18.4 Å². The number of imide groups is 1. The molecule has 2 unspecified atom stereocenters. The molecule has 1 aromatic carbocycles. The van der Waals surface area contributed by atoms with Crippen LogP contribution in [0.25, 0.3) is 0 Å². The molecule has 1 fully saturated rings. The molecule has 0 saturated carbocycles. The van der Waals surface area contributed by atoms with Crippen molar-refractivity contribution in [2.75, 3.05) is 20.8 Å². The van der Waals surface area contributed by atoms with Crippen molar-refractivity contribution >= 4 is 35.8 Å². The van der Waals surface area contributed by atoms with E-state index in [0.29, 0.717) is 23.3 Å². The van der Waals surface area contributed by atoms with Crippen molar-refractivity contribution in [1.29, 1.82) is 0 Å². The van der Waals surface area contributed by atoms with Gasteiger partial charge in [-0.15, -0.1) is 0 Å². The maximum absolute atomic E-state index is 13.4. The zero-order valence-corrected chi connectivity index (χ0v) is 23.5. The number of likely N-dealkylation sites (tertiary alicyclic amines) is 1. The quantitative estimate of drug-likeness (QED) is 0.197. The first-order valence-electron chi connectivity index (χ1n) is 13.5. The van der Waals surface area contributed by atoms with Crippen molar-refractivity contribution in [1.82, 2.24) is 15.5 Å². The van der Waals surface area contributed by atoms with E-state index in [1.165, 1.54) is 14.2 Å². The molecule has 1 aliphatic rings. The van der Waals surface area contributed by atoms with Crippen LogP contribution in [0.3, 0.4) is 0 Å². The van der Waals surface area contributed by atoms with Crippen molar-refractivity contribution in [2.24, 2.45) is 11.8 Å². The fourth-order valence-corrected chi connectivity index (χ4v) is 4.36. The zero-order valence-electron chi connectivity index (χ0n) is 23.5. The van der Waals surface area contributed by atoms with Crippen molar-refractivity contribution in [3.63, 3.8) is 0 Å². The van der Waals surface area contributed by atoms with Crippen LogP contribution in [-0.2, 0) is 44.8 Å². The molecule has 1 saturated heterocycles. The van der Waals surface area contributed by atoms with Crippen LogP contribution < -0.4 is 10.6 Å². The third-order valence-electron chi connectivity index (χ3n) is 6.66. The Kier molecular flexibility index (Phi) is 13.1. The maximum Gasteiger partial charge on any atom is 0.416 e. The molecule has 0 aromatic heterocycles. The van der Waals surface area contributed by atoms with Gasteiger partial charge in [-0.1, -0.05) is 69.9 Å². The number of rotatable bonds is 14. The van der Waals surface area contributed by atoms with E-state index in [9.17, 15) is 28.8 Å². The number of carbonyl (C=O) groups is 6. The molecule has 0 spiro atoms. The molecule has 40 heavy (non-hydrogen) atoms. The molecule has 0 bridgehead atoms. The minimum atomic E-state index is -1.64. The third kappa shape index (κ3) is 8.78. The van der Waals surface area contributed by atoms with Crippen LogP contribution in [0.4, 0.5) is 4.79 Å². The fraction of sp³-hybridized carbons (Fsp3) is 0.571. The minimum absolute atomic E-state index is 0.125. The zero-order chi connectivity index (χ0) is 29.7. The third-order valence-corrected chi connectivity index (χ3v) is 6.66. The number of carbonyl (C=O) groups excluding carboxylic acids is 6. The van der Waals surface area contributed by atoms with Gasteiger partial charge in [0.05, 0.1) is 20.1 Å². The van der Waals surface area contributed by atoms with Gasteiger partial charge in [-0.3, -0.25) is 14.4 Å². The predicted molar refractivity (Wildman–Crippen MR) is 142 cm³/mol. The van der Waals surface area contributed by atoms with Crippen LogP contribution in [0.2, 0.25) is 0 Å². The molecule has 1 aliphatic heterocycles. The predicted octanol–water partition coefficient (Wildman–Crippen LogP) is 2.09. The summed E-state index contributed by atoms with van der Waals surface area (Å²) in [5, 5.41) is 5.09. The standard InChI is InChI=1S/C28H39N3O9/c1-5-7-14-20(26(35)38-3)29-23(32)19-16-31(28(37)40-17-18-12-10-9-11-13-18)25(34)22(19)24(33)30-21(15-8-6-2)27(36)39-4/h9-13,19-22H,5-8,14-17H2,1-4H3,(H,29,32)(H,30,33)/t19?,20-,21-,22?/m0/s1. The Morgan fingerprint density at radius 2 is 1.40 bits per heavy atom. The Balaban J connectivity index is 2.30. The van der Waals surface area contributed by atoms with E-state index in [-0.39, 0.29) is 19.4 Å². The van der Waals surface area contributed by atoms with Gasteiger partial charge >= 0.3 is 18.0 Å². The van der Waals surface area contributed by atoms with E-state index in [2.05, 4.69) is 10.6 Å². The number of nitrogens with one attached hydrogen (secondary N) is 2. The van der Waals surface area contributed by atoms with Crippen LogP contribution in [0.5, 0.6) is 0 Å². The molecule has 0 aliphatic carbocycles. The first-order chi connectivity index (χ1) is 19.2. The molecule has 12 nitrogen and oxygen atoms in total. The van der Waals surface area contributed by atoms with Gasteiger partial charge in [-0.25, -0.2) is 19.3 Å². The second-order valence-electron chi connectivity index (χ2n) is 9.53. The Morgan fingerprint density at radius 1 is 0.875 bits per heavy atom. The highest BCUT2D eigenvalue weighted by atomic mass is 16.6. The highest BCUT2D eigenvalue weighted by Crippen LogP contribution is 2.27. The molecule has 220 valence electrons. The number of nitrogens with zero attached hydrogens (tertiary/aromatic N) is 1. The summed E-state index contributed by atoms with van der Waals surface area (Å²) in [5.74, 6) is -6.97. The number of hydrogen-bond donors (Lipinski definition) is 2. The lowest BCUT2D eigenvalue weighted by Gasteiger charge is -2.22. The van der Waals surface area contributed by atoms with Gasteiger partial charge in [0.25, 0.3) is 0 Å². The van der Waals surface area contributed by atoms with Crippen LogP contribution in [0.1, 0.15) is 57.9 Å². The van der Waals surface area contributed by atoms with Gasteiger partial charge in [-0.2, -0.15) is 0 Å². The monoisotopic (exact) mass is 561 g/mol. The summed E-state index contributed by atoms with van der Waals surface area (Å²) in [6.45, 7) is 3.25. The molecule has 2 rings (SSSR count). The van der Waals surface area contributed by atoms with E-state index < -0.39 is 66.2 Å². The van der Waals surface area contributed by atoms with E-state index in [1.54, 1.807) is 30.3 Å². The lowest BCUT2D eigenvalue weighted by molar-refractivity contribution is -0.148. The molecule has 4 atom stereocenters. The lowest BCUT2D eigenvalue weighted by atomic mass is 9.92. The van der Waals surface area contributed by atoms with Crippen molar-refractivity contribution < 1.29 is 43.0 Å². The number of amides is 4. The van der Waals surface area contributed by atoms with Crippen molar-refractivity contribution in [3.8, 4) is 0 Å². The molecule has 0 radical (unpaired) electrons. The number of hydrogen-bond acceptors (Lipinski definition) is 9.